The molecule has 1 aromatic carbocycles. The van der Waals surface area contributed by atoms with Crippen LogP contribution < -0.4 is 5.32 Å². The van der Waals surface area contributed by atoms with Gasteiger partial charge in [-0.15, -0.1) is 11.8 Å². The highest BCUT2D eigenvalue weighted by Gasteiger charge is 1.96. The van der Waals surface area contributed by atoms with Crippen molar-refractivity contribution < 1.29 is 5.11 Å². The van der Waals surface area contributed by atoms with E-state index in [9.17, 15) is 0 Å². The standard InChI is InChI=1S/C13H21NOS/c1-11(2)9-14-10-12-3-5-13(6-4-12)16-8-7-15/h3-6,11,14-15H,7-10H2,1-2H3. The van der Waals surface area contributed by atoms with Crippen LogP contribution in [-0.4, -0.2) is 24.0 Å². The molecule has 0 unspecified atom stereocenters. The normalized spacial score (nSPS) is 11.0. The lowest BCUT2D eigenvalue weighted by Crippen LogP contribution is -2.18. The molecule has 0 atom stereocenters. The molecule has 0 aliphatic heterocycles. The van der Waals surface area contributed by atoms with E-state index in [4.69, 9.17) is 5.11 Å². The molecule has 1 aromatic rings. The fourth-order valence-corrected chi connectivity index (χ4v) is 2.03. The van der Waals surface area contributed by atoms with Gasteiger partial charge in [0.1, 0.15) is 0 Å². The second kappa shape index (κ2) is 7.71. The average molecular weight is 239 g/mol. The number of aliphatic hydroxyl groups is 1. The van der Waals surface area contributed by atoms with E-state index in [1.807, 2.05) is 0 Å². The van der Waals surface area contributed by atoms with E-state index in [-0.39, 0.29) is 6.61 Å². The van der Waals surface area contributed by atoms with Crippen molar-refractivity contribution in [1.82, 2.24) is 5.32 Å². The highest BCUT2D eigenvalue weighted by Crippen LogP contribution is 2.17. The Morgan fingerprint density at radius 3 is 2.50 bits per heavy atom. The van der Waals surface area contributed by atoms with Gasteiger partial charge < -0.3 is 10.4 Å². The molecule has 0 saturated carbocycles. The molecule has 0 saturated heterocycles. The Labute approximate surface area is 102 Å². The third-order valence-corrected chi connectivity index (χ3v) is 3.16. The highest BCUT2D eigenvalue weighted by atomic mass is 32.2. The zero-order valence-electron chi connectivity index (χ0n) is 10.1. The maximum absolute atomic E-state index is 8.72. The van der Waals surface area contributed by atoms with Crippen LogP contribution >= 0.6 is 11.8 Å². The Morgan fingerprint density at radius 1 is 1.25 bits per heavy atom. The maximum Gasteiger partial charge on any atom is 0.0525 e. The van der Waals surface area contributed by atoms with Gasteiger partial charge in [-0.1, -0.05) is 26.0 Å². The Hall–Kier alpha value is -0.510. The quantitative estimate of drug-likeness (QED) is 0.717. The van der Waals surface area contributed by atoms with Crippen molar-refractivity contribution in [2.24, 2.45) is 5.92 Å². The highest BCUT2D eigenvalue weighted by molar-refractivity contribution is 7.99. The number of rotatable bonds is 7. The van der Waals surface area contributed by atoms with Gasteiger partial charge in [0.2, 0.25) is 0 Å². The van der Waals surface area contributed by atoms with Crippen molar-refractivity contribution in [2.75, 3.05) is 18.9 Å². The molecular weight excluding hydrogens is 218 g/mol. The average Bonchev–Trinajstić information content (AvgIpc) is 2.27. The van der Waals surface area contributed by atoms with Crippen molar-refractivity contribution in [2.45, 2.75) is 25.3 Å². The van der Waals surface area contributed by atoms with Gasteiger partial charge in [0.15, 0.2) is 0 Å². The molecule has 0 aliphatic carbocycles. The lowest BCUT2D eigenvalue weighted by Gasteiger charge is -2.08. The Bertz CT molecular complexity index is 284. The minimum atomic E-state index is 0.238. The Balaban J connectivity index is 2.33. The van der Waals surface area contributed by atoms with E-state index < -0.39 is 0 Å². The van der Waals surface area contributed by atoms with Crippen LogP contribution in [0.25, 0.3) is 0 Å². The third kappa shape index (κ3) is 5.54. The fraction of sp³-hybridized carbons (Fsp3) is 0.538. The first kappa shape index (κ1) is 13.6. The van der Waals surface area contributed by atoms with Crippen molar-refractivity contribution in [1.29, 1.82) is 0 Å². The first-order valence-electron chi connectivity index (χ1n) is 5.75. The van der Waals surface area contributed by atoms with Crippen LogP contribution in [-0.2, 0) is 6.54 Å². The first-order chi connectivity index (χ1) is 7.72. The van der Waals surface area contributed by atoms with Gasteiger partial charge >= 0.3 is 0 Å². The van der Waals surface area contributed by atoms with Crippen LogP contribution in [0.1, 0.15) is 19.4 Å². The van der Waals surface area contributed by atoms with Gasteiger partial charge in [-0.25, -0.2) is 0 Å². The molecule has 0 amide bonds. The number of aliphatic hydroxyl groups excluding tert-OH is 1. The number of nitrogens with one attached hydrogen (secondary N) is 1. The van der Waals surface area contributed by atoms with Gasteiger partial charge in [-0.2, -0.15) is 0 Å². The van der Waals surface area contributed by atoms with Crippen LogP contribution in [0.4, 0.5) is 0 Å². The lowest BCUT2D eigenvalue weighted by molar-refractivity contribution is 0.322. The summed E-state index contributed by atoms with van der Waals surface area (Å²) in [4.78, 5) is 1.22. The first-order valence-corrected chi connectivity index (χ1v) is 6.74. The summed E-state index contributed by atoms with van der Waals surface area (Å²) in [6, 6.07) is 8.53. The third-order valence-electron chi connectivity index (χ3n) is 2.17. The van der Waals surface area contributed by atoms with E-state index in [0.29, 0.717) is 5.92 Å². The molecule has 90 valence electrons. The van der Waals surface area contributed by atoms with Crippen molar-refractivity contribution in [3.8, 4) is 0 Å². The predicted octanol–water partition coefficient (Wildman–Crippen LogP) is 2.52. The molecule has 2 nitrogen and oxygen atoms in total. The van der Waals surface area contributed by atoms with Gasteiger partial charge in [0.25, 0.3) is 0 Å². The zero-order valence-corrected chi connectivity index (χ0v) is 10.9. The second-order valence-corrected chi connectivity index (χ2v) is 5.41. The summed E-state index contributed by atoms with van der Waals surface area (Å²) >= 11 is 1.69. The van der Waals surface area contributed by atoms with Crippen LogP contribution in [0.5, 0.6) is 0 Å². The summed E-state index contributed by atoms with van der Waals surface area (Å²) in [5.41, 5.74) is 1.31. The molecule has 0 aromatic heterocycles. The number of hydrogen-bond acceptors (Lipinski definition) is 3. The summed E-state index contributed by atoms with van der Waals surface area (Å²) < 4.78 is 0. The topological polar surface area (TPSA) is 32.3 Å². The molecule has 3 heteroatoms. The summed E-state index contributed by atoms with van der Waals surface area (Å²) in [6.45, 7) is 6.65. The molecule has 16 heavy (non-hydrogen) atoms. The molecule has 2 N–H and O–H groups in total. The van der Waals surface area contributed by atoms with E-state index in [1.165, 1.54) is 10.5 Å². The van der Waals surface area contributed by atoms with Crippen LogP contribution in [0.15, 0.2) is 29.2 Å². The molecular formula is C13H21NOS. The monoisotopic (exact) mass is 239 g/mol. The van der Waals surface area contributed by atoms with Gasteiger partial charge in [0, 0.05) is 17.2 Å². The maximum atomic E-state index is 8.72. The van der Waals surface area contributed by atoms with Crippen LogP contribution in [0.3, 0.4) is 0 Å². The molecule has 0 fully saturated rings. The van der Waals surface area contributed by atoms with Crippen LogP contribution in [0.2, 0.25) is 0 Å². The fourth-order valence-electron chi connectivity index (χ4n) is 1.37. The Morgan fingerprint density at radius 2 is 1.94 bits per heavy atom. The lowest BCUT2D eigenvalue weighted by atomic mass is 10.2. The summed E-state index contributed by atoms with van der Waals surface area (Å²) in [7, 11) is 0. The van der Waals surface area contributed by atoms with E-state index in [1.54, 1.807) is 11.8 Å². The van der Waals surface area contributed by atoms with E-state index >= 15 is 0 Å². The van der Waals surface area contributed by atoms with Gasteiger partial charge in [-0.05, 0) is 30.2 Å². The molecule has 0 bridgehead atoms. The van der Waals surface area contributed by atoms with Gasteiger partial charge in [-0.3, -0.25) is 0 Å². The van der Waals surface area contributed by atoms with Crippen molar-refractivity contribution in [3.05, 3.63) is 29.8 Å². The van der Waals surface area contributed by atoms with E-state index in [2.05, 4.69) is 43.4 Å². The minimum absolute atomic E-state index is 0.238. The largest absolute Gasteiger partial charge is 0.396 e. The number of thioether (sulfide) groups is 1. The summed E-state index contributed by atoms with van der Waals surface area (Å²) in [5.74, 6) is 1.46. The molecule has 0 aliphatic rings. The second-order valence-electron chi connectivity index (χ2n) is 4.24. The van der Waals surface area contributed by atoms with Crippen LogP contribution in [0, 0.1) is 5.92 Å². The molecule has 0 heterocycles. The smallest absolute Gasteiger partial charge is 0.0525 e. The minimum Gasteiger partial charge on any atom is -0.396 e. The zero-order chi connectivity index (χ0) is 11.8. The Kier molecular flexibility index (Phi) is 6.53. The SMILES string of the molecule is CC(C)CNCc1ccc(SCCO)cc1. The molecule has 1 rings (SSSR count). The number of hydrogen-bond donors (Lipinski definition) is 2. The van der Waals surface area contributed by atoms with Crippen molar-refractivity contribution in [3.63, 3.8) is 0 Å². The predicted molar refractivity (Wildman–Crippen MR) is 70.8 cm³/mol. The summed E-state index contributed by atoms with van der Waals surface area (Å²) in [5, 5.41) is 12.1. The van der Waals surface area contributed by atoms with Crippen molar-refractivity contribution >= 4 is 11.8 Å². The van der Waals surface area contributed by atoms with Gasteiger partial charge in [0.05, 0.1) is 6.61 Å². The molecule has 0 radical (unpaired) electrons. The number of benzene rings is 1. The van der Waals surface area contributed by atoms with E-state index in [0.717, 1.165) is 18.8 Å². The summed E-state index contributed by atoms with van der Waals surface area (Å²) in [6.07, 6.45) is 0. The molecule has 0 spiro atoms.